The van der Waals surface area contributed by atoms with Crippen LogP contribution in [0.15, 0.2) is 12.7 Å². The minimum Gasteiger partial charge on any atom is -0.335 e. The fourth-order valence-electron chi connectivity index (χ4n) is 0. The average molecular weight is 127 g/mol. The van der Waals surface area contributed by atoms with Gasteiger partial charge in [0.2, 0.25) is 0 Å². The Balaban J connectivity index is 0. The second-order valence-electron chi connectivity index (χ2n) is 0.670. The van der Waals surface area contributed by atoms with E-state index in [-0.39, 0.29) is 25.6 Å². The molecule has 0 aliphatic heterocycles. The molecule has 0 spiro atoms. The average Bonchev–Trinajstić information content (AvgIpc) is 1.38. The van der Waals surface area contributed by atoms with E-state index in [1.807, 2.05) is 0 Å². The molecular formula is C3H3MgOTi. The zero-order valence-electron chi connectivity index (χ0n) is 3.40. The van der Waals surface area contributed by atoms with E-state index in [0.717, 1.165) is 0 Å². The Labute approximate surface area is 64.5 Å². The summed E-state index contributed by atoms with van der Waals surface area (Å²) in [6, 6.07) is 0. The molecule has 1 radical (unpaired) electrons. The van der Waals surface area contributed by atoms with E-state index in [4.69, 9.17) is 0 Å². The number of hydrogen-bond acceptors (Lipinski definition) is 1. The maximum atomic E-state index is 9.71. The van der Waals surface area contributed by atoms with Crippen LogP contribution in [0.2, 0.25) is 0 Å². The Morgan fingerprint density at radius 1 is 1.83 bits per heavy atom. The summed E-state index contributed by atoms with van der Waals surface area (Å²) in [4.78, 5) is 9.71. The normalized spacial score (nSPS) is 5.17. The number of rotatable bonds is 1. The summed E-state index contributed by atoms with van der Waals surface area (Å²) in [5, 5.41) is 0. The molecule has 0 saturated heterocycles. The van der Waals surface area contributed by atoms with Crippen molar-refractivity contribution in [3.63, 3.8) is 0 Å². The maximum Gasteiger partial charge on any atom is 0.348 e. The molecule has 0 atom stereocenters. The van der Waals surface area contributed by atoms with Gasteiger partial charge in [-0.25, -0.2) is 0 Å². The van der Waals surface area contributed by atoms with Crippen LogP contribution in [0, 0.1) is 0 Å². The molecule has 0 aliphatic carbocycles. The summed E-state index contributed by atoms with van der Waals surface area (Å²) in [7, 11) is 0. The van der Waals surface area contributed by atoms with Gasteiger partial charge < -0.3 is 4.79 Å². The molecule has 0 fully saturated rings. The van der Waals surface area contributed by atoms with Gasteiger partial charge in [0.1, 0.15) is 0 Å². The SMILES string of the molecule is C=C[C](=O)[Mg].[Ti]. The zero-order chi connectivity index (χ0) is 4.28. The molecule has 0 rings (SSSR count). The van der Waals surface area contributed by atoms with Crippen molar-refractivity contribution in [2.45, 2.75) is 0 Å². The Bertz CT molecular complexity index is 61.8. The van der Waals surface area contributed by atoms with E-state index in [1.165, 1.54) is 27.8 Å². The van der Waals surface area contributed by atoms with Crippen molar-refractivity contribution in [1.82, 2.24) is 0 Å². The third kappa shape index (κ3) is 8.86. The number of hydrogen-bond donors (Lipinski definition) is 0. The van der Waals surface area contributed by atoms with Crippen LogP contribution in [0.4, 0.5) is 0 Å². The van der Waals surface area contributed by atoms with E-state index in [9.17, 15) is 4.79 Å². The Hall–Kier alpha value is 0.891. The summed E-state index contributed by atoms with van der Waals surface area (Å²) >= 11 is 1.29. The largest absolute Gasteiger partial charge is 0.348 e. The summed E-state index contributed by atoms with van der Waals surface area (Å²) < 4.78 is 0.0463. The topological polar surface area (TPSA) is 17.1 Å². The third-order valence-electron chi connectivity index (χ3n) is 0.228. The molecule has 0 N–H and O–H groups in total. The van der Waals surface area contributed by atoms with Gasteiger partial charge in [0, 0.05) is 21.7 Å². The van der Waals surface area contributed by atoms with Gasteiger partial charge in [0.05, 0.1) is 0 Å². The van der Waals surface area contributed by atoms with Gasteiger partial charge in [-0.3, -0.25) is 0 Å². The van der Waals surface area contributed by atoms with Gasteiger partial charge in [-0.2, -0.15) is 0 Å². The zero-order valence-corrected chi connectivity index (χ0v) is 6.38. The molecule has 3 heteroatoms. The number of carbonyl (C=O) groups is 1. The molecule has 0 aromatic rings. The smallest absolute Gasteiger partial charge is 0.335 e. The molecule has 0 aromatic carbocycles. The molecule has 0 saturated carbocycles. The first-order valence-electron chi connectivity index (χ1n) is 1.25. The summed E-state index contributed by atoms with van der Waals surface area (Å²) in [5.74, 6) is 0. The first kappa shape index (κ1) is 10.00. The number of carbonyl (C=O) groups excluding carboxylic acids is 1. The van der Waals surface area contributed by atoms with Crippen molar-refractivity contribution in [1.29, 1.82) is 0 Å². The van der Waals surface area contributed by atoms with Crippen LogP contribution in [0.1, 0.15) is 0 Å². The van der Waals surface area contributed by atoms with Gasteiger partial charge in [-0.05, 0) is 3.91 Å². The molecule has 6 heavy (non-hydrogen) atoms. The monoisotopic (exact) mass is 127 g/mol. The van der Waals surface area contributed by atoms with Gasteiger partial charge in [-0.1, -0.05) is 12.7 Å². The second kappa shape index (κ2) is 5.89. The first-order chi connectivity index (χ1) is 2.27. The summed E-state index contributed by atoms with van der Waals surface area (Å²) in [5.41, 5.74) is 0. The van der Waals surface area contributed by atoms with Crippen LogP contribution >= 0.6 is 0 Å². The van der Waals surface area contributed by atoms with Crippen molar-refractivity contribution in [2.24, 2.45) is 0 Å². The third-order valence-corrected chi connectivity index (χ3v) is 0.516. The minimum atomic E-state index is 0. The van der Waals surface area contributed by atoms with E-state index in [1.54, 1.807) is 0 Å². The van der Waals surface area contributed by atoms with Crippen LogP contribution in [-0.4, -0.2) is 25.6 Å². The minimum absolute atomic E-state index is 0. The molecule has 0 bridgehead atoms. The van der Waals surface area contributed by atoms with Crippen molar-refractivity contribution in [3.8, 4) is 0 Å². The van der Waals surface area contributed by atoms with Crippen LogP contribution < -0.4 is 0 Å². The quantitative estimate of drug-likeness (QED) is 0.354. The standard InChI is InChI=1S/C3H3O.Mg.Ti/c1-2-3-4;;/h2H,1H2;;. The van der Waals surface area contributed by atoms with Crippen molar-refractivity contribution in [2.75, 3.05) is 0 Å². The van der Waals surface area contributed by atoms with Crippen molar-refractivity contribution < 1.29 is 26.5 Å². The molecule has 0 heterocycles. The first-order valence-corrected chi connectivity index (χ1v) is 1.96. The molecule has 1 nitrogen and oxygen atoms in total. The fourth-order valence-corrected chi connectivity index (χ4v) is 0. The van der Waals surface area contributed by atoms with Crippen LogP contribution in [0.5, 0.6) is 0 Å². The molecule has 0 unspecified atom stereocenters. The van der Waals surface area contributed by atoms with Gasteiger partial charge >= 0.3 is 21.7 Å². The van der Waals surface area contributed by atoms with Crippen molar-refractivity contribution in [3.05, 3.63) is 12.7 Å². The van der Waals surface area contributed by atoms with Gasteiger partial charge in [0.15, 0.2) is 0 Å². The molecule has 0 amide bonds. The number of allylic oxidation sites excluding steroid dienone is 1. The molecule has 27 valence electrons. The van der Waals surface area contributed by atoms with Gasteiger partial charge in [0.25, 0.3) is 0 Å². The fraction of sp³-hybridized carbons (Fsp3) is 0. The Morgan fingerprint density at radius 2 is 2.00 bits per heavy atom. The molecule has 0 aliphatic rings. The maximum absolute atomic E-state index is 9.71. The Morgan fingerprint density at radius 3 is 2.00 bits per heavy atom. The van der Waals surface area contributed by atoms with E-state index in [0.29, 0.717) is 0 Å². The predicted molar refractivity (Wildman–Crippen MR) is 21.0 cm³/mol. The van der Waals surface area contributed by atoms with E-state index >= 15 is 0 Å². The van der Waals surface area contributed by atoms with Crippen LogP contribution in [0.25, 0.3) is 0 Å². The van der Waals surface area contributed by atoms with E-state index in [2.05, 4.69) is 6.58 Å². The summed E-state index contributed by atoms with van der Waals surface area (Å²) in [6.07, 6.45) is 1.29. The van der Waals surface area contributed by atoms with Crippen molar-refractivity contribution >= 4 is 25.6 Å². The molecular weight excluding hydrogens is 124 g/mol. The van der Waals surface area contributed by atoms with Gasteiger partial charge in [-0.15, -0.1) is 0 Å². The van der Waals surface area contributed by atoms with Crippen LogP contribution in [-0.2, 0) is 26.5 Å². The summed E-state index contributed by atoms with van der Waals surface area (Å²) in [6.45, 7) is 3.22. The van der Waals surface area contributed by atoms with Crippen LogP contribution in [0.3, 0.4) is 0 Å². The Kier molecular flexibility index (Phi) is 9.81. The molecule has 0 aromatic heterocycles. The predicted octanol–water partition coefficient (Wildman–Crippen LogP) is -0.135. The van der Waals surface area contributed by atoms with E-state index < -0.39 is 0 Å². The second-order valence-corrected chi connectivity index (χ2v) is 1.37.